The third-order valence-electron chi connectivity index (χ3n) is 2.81. The van der Waals surface area contributed by atoms with E-state index in [4.69, 9.17) is 4.74 Å². The maximum absolute atomic E-state index is 5.37. The van der Waals surface area contributed by atoms with Gasteiger partial charge in [0.15, 0.2) is 0 Å². The number of methoxy groups -OCH3 is 1. The van der Waals surface area contributed by atoms with Crippen LogP contribution in [0.3, 0.4) is 0 Å². The molecule has 0 saturated carbocycles. The molecule has 1 aromatic heterocycles. The van der Waals surface area contributed by atoms with Crippen molar-refractivity contribution in [3.05, 3.63) is 40.1 Å². The minimum absolute atomic E-state index is 0.104. The van der Waals surface area contributed by atoms with Gasteiger partial charge >= 0.3 is 0 Å². The molecular formula is C12H15BrN4O. The zero-order valence-electron chi connectivity index (χ0n) is 10.3. The smallest absolute Gasteiger partial charge is 0.122 e. The zero-order valence-corrected chi connectivity index (χ0v) is 11.9. The summed E-state index contributed by atoms with van der Waals surface area (Å²) in [4.78, 5) is 0. The lowest BCUT2D eigenvalue weighted by Gasteiger charge is -2.15. The van der Waals surface area contributed by atoms with Gasteiger partial charge < -0.3 is 10.1 Å². The Balaban J connectivity index is 2.24. The predicted octanol–water partition coefficient (Wildman–Crippen LogP) is 2.08. The van der Waals surface area contributed by atoms with Crippen LogP contribution in [0.2, 0.25) is 0 Å². The Labute approximate surface area is 114 Å². The summed E-state index contributed by atoms with van der Waals surface area (Å²) < 4.78 is 6.41. The highest BCUT2D eigenvalue weighted by Crippen LogP contribution is 2.27. The number of aromatic amines is 1. The zero-order chi connectivity index (χ0) is 13.0. The number of halogens is 1. The molecule has 6 heteroatoms. The Bertz CT molecular complexity index is 501. The lowest BCUT2D eigenvalue weighted by molar-refractivity contribution is 0.406. The Kier molecular flexibility index (Phi) is 4.33. The van der Waals surface area contributed by atoms with Crippen molar-refractivity contribution in [1.29, 1.82) is 0 Å². The second-order valence-corrected chi connectivity index (χ2v) is 4.81. The summed E-state index contributed by atoms with van der Waals surface area (Å²) in [5, 5.41) is 13.8. The van der Waals surface area contributed by atoms with Gasteiger partial charge in [-0.3, -0.25) is 0 Å². The summed E-state index contributed by atoms with van der Waals surface area (Å²) in [6.07, 6.45) is 2.51. The van der Waals surface area contributed by atoms with Gasteiger partial charge in [-0.1, -0.05) is 15.9 Å². The van der Waals surface area contributed by atoms with Crippen LogP contribution < -0.4 is 10.1 Å². The summed E-state index contributed by atoms with van der Waals surface area (Å²) in [5.41, 5.74) is 2.01. The van der Waals surface area contributed by atoms with Gasteiger partial charge in [0.25, 0.3) is 0 Å². The SMILES string of the molecule is CNC(Cc1cc(Br)ccc1OC)c1cn[nH]n1. The van der Waals surface area contributed by atoms with Gasteiger partial charge in [0.2, 0.25) is 0 Å². The summed E-state index contributed by atoms with van der Waals surface area (Å²) >= 11 is 3.48. The number of likely N-dealkylation sites (N-methyl/N-ethyl adjacent to an activating group) is 1. The highest BCUT2D eigenvalue weighted by atomic mass is 79.9. The number of rotatable bonds is 5. The van der Waals surface area contributed by atoms with E-state index in [0.29, 0.717) is 0 Å². The van der Waals surface area contributed by atoms with Crippen LogP contribution in [0.25, 0.3) is 0 Å². The number of H-pyrrole nitrogens is 1. The molecular weight excluding hydrogens is 296 g/mol. The molecule has 5 nitrogen and oxygen atoms in total. The van der Waals surface area contributed by atoms with Crippen LogP contribution in [0.4, 0.5) is 0 Å². The first-order valence-electron chi connectivity index (χ1n) is 5.60. The molecule has 18 heavy (non-hydrogen) atoms. The summed E-state index contributed by atoms with van der Waals surface area (Å²) in [7, 11) is 3.58. The van der Waals surface area contributed by atoms with Gasteiger partial charge in [0.1, 0.15) is 5.75 Å². The molecule has 0 radical (unpaired) electrons. The number of nitrogens with zero attached hydrogens (tertiary/aromatic N) is 2. The fourth-order valence-corrected chi connectivity index (χ4v) is 2.27. The largest absolute Gasteiger partial charge is 0.496 e. The van der Waals surface area contributed by atoms with Crippen LogP contribution in [0.1, 0.15) is 17.3 Å². The minimum Gasteiger partial charge on any atom is -0.496 e. The van der Waals surface area contributed by atoms with Crippen molar-refractivity contribution >= 4 is 15.9 Å². The van der Waals surface area contributed by atoms with E-state index >= 15 is 0 Å². The first-order chi connectivity index (χ1) is 8.74. The maximum Gasteiger partial charge on any atom is 0.122 e. The number of benzene rings is 1. The van der Waals surface area contributed by atoms with E-state index in [9.17, 15) is 0 Å². The molecule has 96 valence electrons. The Morgan fingerprint density at radius 1 is 1.50 bits per heavy atom. The van der Waals surface area contributed by atoms with E-state index in [1.165, 1.54) is 0 Å². The monoisotopic (exact) mass is 310 g/mol. The molecule has 0 bridgehead atoms. The fourth-order valence-electron chi connectivity index (χ4n) is 1.86. The van der Waals surface area contributed by atoms with Crippen molar-refractivity contribution in [1.82, 2.24) is 20.7 Å². The van der Waals surface area contributed by atoms with Crippen LogP contribution in [0.5, 0.6) is 5.75 Å². The number of hydrogen-bond acceptors (Lipinski definition) is 4. The van der Waals surface area contributed by atoms with Crippen LogP contribution in [0, 0.1) is 0 Å². The fraction of sp³-hybridized carbons (Fsp3) is 0.333. The molecule has 1 heterocycles. The predicted molar refractivity (Wildman–Crippen MR) is 72.6 cm³/mol. The molecule has 2 N–H and O–H groups in total. The van der Waals surface area contributed by atoms with Crippen molar-refractivity contribution in [3.8, 4) is 5.75 Å². The van der Waals surface area contributed by atoms with Crippen molar-refractivity contribution in [2.75, 3.05) is 14.2 Å². The van der Waals surface area contributed by atoms with E-state index in [-0.39, 0.29) is 6.04 Å². The molecule has 0 fully saturated rings. The van der Waals surface area contributed by atoms with E-state index in [1.807, 2.05) is 19.2 Å². The standard InChI is InChI=1S/C12H15BrN4O/c1-14-10(11-7-15-17-16-11)6-8-5-9(13)3-4-12(8)18-2/h3-5,7,10,14H,6H2,1-2H3,(H,15,16,17). The van der Waals surface area contributed by atoms with E-state index in [2.05, 4.69) is 42.7 Å². The number of nitrogens with one attached hydrogen (secondary N) is 2. The minimum atomic E-state index is 0.104. The van der Waals surface area contributed by atoms with Crippen molar-refractivity contribution in [2.45, 2.75) is 12.5 Å². The highest BCUT2D eigenvalue weighted by Gasteiger charge is 2.15. The number of aromatic nitrogens is 3. The van der Waals surface area contributed by atoms with E-state index in [1.54, 1.807) is 13.3 Å². The van der Waals surface area contributed by atoms with Gasteiger partial charge in [-0.2, -0.15) is 15.4 Å². The quantitative estimate of drug-likeness (QED) is 0.887. The highest BCUT2D eigenvalue weighted by molar-refractivity contribution is 9.10. The van der Waals surface area contributed by atoms with Gasteiger partial charge in [-0.25, -0.2) is 0 Å². The third-order valence-corrected chi connectivity index (χ3v) is 3.30. The molecule has 2 aromatic rings. The normalized spacial score (nSPS) is 12.4. The topological polar surface area (TPSA) is 62.8 Å². The van der Waals surface area contributed by atoms with Crippen molar-refractivity contribution in [3.63, 3.8) is 0 Å². The second-order valence-electron chi connectivity index (χ2n) is 3.90. The molecule has 0 aliphatic carbocycles. The van der Waals surface area contributed by atoms with Gasteiger partial charge in [0.05, 0.1) is 25.0 Å². The van der Waals surface area contributed by atoms with Crippen molar-refractivity contribution < 1.29 is 4.74 Å². The van der Waals surface area contributed by atoms with Crippen LogP contribution in [-0.2, 0) is 6.42 Å². The first-order valence-corrected chi connectivity index (χ1v) is 6.39. The Morgan fingerprint density at radius 3 is 2.94 bits per heavy atom. The Morgan fingerprint density at radius 2 is 2.33 bits per heavy atom. The molecule has 1 aromatic carbocycles. The van der Waals surface area contributed by atoms with E-state index < -0.39 is 0 Å². The average Bonchev–Trinajstić information content (AvgIpc) is 2.90. The average molecular weight is 311 g/mol. The maximum atomic E-state index is 5.37. The third kappa shape index (κ3) is 2.88. The van der Waals surface area contributed by atoms with Crippen LogP contribution >= 0.6 is 15.9 Å². The lowest BCUT2D eigenvalue weighted by Crippen LogP contribution is -2.19. The van der Waals surface area contributed by atoms with Crippen LogP contribution in [0.15, 0.2) is 28.9 Å². The molecule has 1 unspecified atom stereocenters. The molecule has 0 saturated heterocycles. The lowest BCUT2D eigenvalue weighted by atomic mass is 10.0. The van der Waals surface area contributed by atoms with Crippen molar-refractivity contribution in [2.24, 2.45) is 0 Å². The first kappa shape index (κ1) is 13.0. The second kappa shape index (κ2) is 5.97. The molecule has 0 aliphatic heterocycles. The van der Waals surface area contributed by atoms with Crippen LogP contribution in [-0.4, -0.2) is 29.6 Å². The molecule has 0 spiro atoms. The van der Waals surface area contributed by atoms with Gasteiger partial charge in [-0.15, -0.1) is 0 Å². The molecule has 2 rings (SSSR count). The summed E-state index contributed by atoms with van der Waals surface area (Å²) in [6.45, 7) is 0. The number of hydrogen-bond donors (Lipinski definition) is 2. The van der Waals surface area contributed by atoms with Gasteiger partial charge in [-0.05, 0) is 37.2 Å². The molecule has 1 atom stereocenters. The summed E-state index contributed by atoms with van der Waals surface area (Å²) in [5.74, 6) is 0.877. The number of ether oxygens (including phenoxy) is 1. The molecule has 0 amide bonds. The van der Waals surface area contributed by atoms with E-state index in [0.717, 1.165) is 27.9 Å². The Hall–Kier alpha value is -1.40. The molecule has 0 aliphatic rings. The van der Waals surface area contributed by atoms with Gasteiger partial charge in [0, 0.05) is 4.47 Å². The summed E-state index contributed by atoms with van der Waals surface area (Å²) in [6, 6.07) is 6.08.